The van der Waals surface area contributed by atoms with Gasteiger partial charge in [0.1, 0.15) is 0 Å². The van der Waals surface area contributed by atoms with Crippen LogP contribution in [0.2, 0.25) is 0 Å². The molecule has 0 aliphatic carbocycles. The standard InChI is InChI=1S/C10H11N3O3/c1-2-7-11-10(14)12-8-3-5-9(6-4-8)13(15)16/h2-7H,1H3,(H2,11,12,14)/b7-2+. The molecule has 0 spiro atoms. The third kappa shape index (κ3) is 3.41. The minimum Gasteiger partial charge on any atom is -0.315 e. The minimum atomic E-state index is -0.496. The summed E-state index contributed by atoms with van der Waals surface area (Å²) in [6.07, 6.45) is 3.16. The van der Waals surface area contributed by atoms with Crippen molar-refractivity contribution in [2.45, 2.75) is 6.92 Å². The summed E-state index contributed by atoms with van der Waals surface area (Å²) in [4.78, 5) is 21.1. The van der Waals surface area contributed by atoms with E-state index in [2.05, 4.69) is 10.6 Å². The van der Waals surface area contributed by atoms with Gasteiger partial charge in [-0.2, -0.15) is 0 Å². The van der Waals surface area contributed by atoms with Gasteiger partial charge in [-0.3, -0.25) is 10.1 Å². The molecule has 2 amide bonds. The van der Waals surface area contributed by atoms with E-state index in [1.54, 1.807) is 13.0 Å². The number of allylic oxidation sites excluding steroid dienone is 1. The summed E-state index contributed by atoms with van der Waals surface area (Å²) < 4.78 is 0. The van der Waals surface area contributed by atoms with Gasteiger partial charge in [-0.05, 0) is 19.1 Å². The van der Waals surface area contributed by atoms with Crippen LogP contribution in [-0.4, -0.2) is 11.0 Å². The van der Waals surface area contributed by atoms with E-state index < -0.39 is 11.0 Å². The largest absolute Gasteiger partial charge is 0.323 e. The smallest absolute Gasteiger partial charge is 0.315 e. The second kappa shape index (κ2) is 5.50. The fraction of sp³-hybridized carbons (Fsp3) is 0.100. The van der Waals surface area contributed by atoms with E-state index in [4.69, 9.17) is 0 Å². The normalized spacial score (nSPS) is 10.1. The van der Waals surface area contributed by atoms with Crippen molar-refractivity contribution in [2.24, 2.45) is 0 Å². The van der Waals surface area contributed by atoms with Gasteiger partial charge < -0.3 is 10.6 Å². The number of carbonyl (C=O) groups is 1. The lowest BCUT2D eigenvalue weighted by atomic mass is 10.3. The van der Waals surface area contributed by atoms with Crippen LogP contribution in [0.3, 0.4) is 0 Å². The average Bonchev–Trinajstić information content (AvgIpc) is 2.27. The molecule has 0 bridgehead atoms. The molecule has 0 unspecified atom stereocenters. The second-order valence-electron chi connectivity index (χ2n) is 2.90. The predicted octanol–water partition coefficient (Wildman–Crippen LogP) is 2.25. The number of nitrogens with zero attached hydrogens (tertiary/aromatic N) is 1. The number of nitro groups is 1. The van der Waals surface area contributed by atoms with Gasteiger partial charge in [-0.15, -0.1) is 0 Å². The highest BCUT2D eigenvalue weighted by Gasteiger charge is 2.04. The first-order valence-corrected chi connectivity index (χ1v) is 4.56. The summed E-state index contributed by atoms with van der Waals surface area (Å²) in [5, 5.41) is 15.3. The van der Waals surface area contributed by atoms with Crippen LogP contribution in [0.4, 0.5) is 16.2 Å². The number of nitrogens with one attached hydrogen (secondary N) is 2. The first-order valence-electron chi connectivity index (χ1n) is 4.56. The molecule has 0 atom stereocenters. The van der Waals surface area contributed by atoms with Gasteiger partial charge in [0.25, 0.3) is 5.69 Å². The molecule has 0 radical (unpaired) electrons. The number of non-ortho nitro benzene ring substituents is 1. The highest BCUT2D eigenvalue weighted by Crippen LogP contribution is 2.14. The molecule has 2 N–H and O–H groups in total. The molecular weight excluding hydrogens is 210 g/mol. The Balaban J connectivity index is 2.61. The predicted molar refractivity (Wildman–Crippen MR) is 60.1 cm³/mol. The number of nitro benzene ring substituents is 1. The van der Waals surface area contributed by atoms with Crippen molar-refractivity contribution < 1.29 is 9.72 Å². The molecule has 0 fully saturated rings. The van der Waals surface area contributed by atoms with E-state index in [-0.39, 0.29) is 5.69 Å². The molecule has 1 aromatic rings. The van der Waals surface area contributed by atoms with E-state index in [9.17, 15) is 14.9 Å². The molecule has 0 heterocycles. The number of carbonyl (C=O) groups excluding carboxylic acids is 1. The molecule has 6 heteroatoms. The molecule has 0 aromatic heterocycles. The third-order valence-corrected chi connectivity index (χ3v) is 1.72. The van der Waals surface area contributed by atoms with Gasteiger partial charge in [0.2, 0.25) is 0 Å². The van der Waals surface area contributed by atoms with E-state index in [0.717, 1.165) is 0 Å². The lowest BCUT2D eigenvalue weighted by molar-refractivity contribution is -0.384. The molecule has 6 nitrogen and oxygen atoms in total. The summed E-state index contributed by atoms with van der Waals surface area (Å²) in [6.45, 7) is 1.77. The maximum atomic E-state index is 11.2. The Morgan fingerprint density at radius 3 is 2.50 bits per heavy atom. The summed E-state index contributed by atoms with van der Waals surface area (Å²) in [5.41, 5.74) is 0.479. The van der Waals surface area contributed by atoms with Gasteiger partial charge >= 0.3 is 6.03 Å². The van der Waals surface area contributed by atoms with Crippen molar-refractivity contribution in [3.63, 3.8) is 0 Å². The van der Waals surface area contributed by atoms with Gasteiger partial charge in [0, 0.05) is 24.0 Å². The fourth-order valence-corrected chi connectivity index (χ4v) is 0.993. The first kappa shape index (κ1) is 11.7. The number of hydrogen-bond acceptors (Lipinski definition) is 3. The molecule has 84 valence electrons. The molecule has 0 saturated carbocycles. The summed E-state index contributed by atoms with van der Waals surface area (Å²) >= 11 is 0. The van der Waals surface area contributed by atoms with Crippen molar-refractivity contribution in [3.05, 3.63) is 46.7 Å². The van der Waals surface area contributed by atoms with Gasteiger partial charge in [-0.1, -0.05) is 6.08 Å². The maximum absolute atomic E-state index is 11.2. The minimum absolute atomic E-state index is 0.0144. The summed E-state index contributed by atoms with van der Waals surface area (Å²) in [6, 6.07) is 5.18. The van der Waals surface area contributed by atoms with E-state index >= 15 is 0 Å². The topological polar surface area (TPSA) is 84.3 Å². The molecular formula is C10H11N3O3. The van der Waals surface area contributed by atoms with Crippen LogP contribution < -0.4 is 10.6 Å². The Labute approximate surface area is 92.1 Å². The molecule has 16 heavy (non-hydrogen) atoms. The Morgan fingerprint density at radius 2 is 2.00 bits per heavy atom. The maximum Gasteiger partial charge on any atom is 0.323 e. The molecule has 1 rings (SSSR count). The number of anilines is 1. The molecule has 1 aromatic carbocycles. The fourth-order valence-electron chi connectivity index (χ4n) is 0.993. The Kier molecular flexibility index (Phi) is 4.02. The molecule has 0 aliphatic rings. The third-order valence-electron chi connectivity index (χ3n) is 1.72. The van der Waals surface area contributed by atoms with Crippen LogP contribution in [-0.2, 0) is 0 Å². The Bertz CT molecular complexity index is 412. The lowest BCUT2D eigenvalue weighted by Gasteiger charge is -2.03. The van der Waals surface area contributed by atoms with Crippen molar-refractivity contribution >= 4 is 17.4 Å². The average molecular weight is 221 g/mol. The SMILES string of the molecule is C/C=C/NC(=O)Nc1ccc([N+](=O)[O-])cc1. The van der Waals surface area contributed by atoms with Crippen LogP contribution in [0, 0.1) is 10.1 Å². The highest BCUT2D eigenvalue weighted by molar-refractivity contribution is 5.89. The summed E-state index contributed by atoms with van der Waals surface area (Å²) in [5.74, 6) is 0. The van der Waals surface area contributed by atoms with Crippen molar-refractivity contribution in [1.29, 1.82) is 0 Å². The number of rotatable bonds is 3. The van der Waals surface area contributed by atoms with Crippen LogP contribution in [0.5, 0.6) is 0 Å². The van der Waals surface area contributed by atoms with E-state index in [0.29, 0.717) is 5.69 Å². The lowest BCUT2D eigenvalue weighted by Crippen LogP contribution is -2.23. The number of benzene rings is 1. The van der Waals surface area contributed by atoms with Crippen LogP contribution in [0.15, 0.2) is 36.5 Å². The Hall–Kier alpha value is -2.37. The van der Waals surface area contributed by atoms with Crippen molar-refractivity contribution in [3.8, 4) is 0 Å². The van der Waals surface area contributed by atoms with E-state index in [1.807, 2.05) is 0 Å². The second-order valence-corrected chi connectivity index (χ2v) is 2.90. The van der Waals surface area contributed by atoms with Gasteiger partial charge in [-0.25, -0.2) is 4.79 Å². The highest BCUT2D eigenvalue weighted by atomic mass is 16.6. The summed E-state index contributed by atoms with van der Waals surface area (Å²) in [7, 11) is 0. The number of hydrogen-bond donors (Lipinski definition) is 2. The first-order chi connectivity index (χ1) is 7.63. The quantitative estimate of drug-likeness (QED) is 0.606. The van der Waals surface area contributed by atoms with Gasteiger partial charge in [0.05, 0.1) is 4.92 Å². The van der Waals surface area contributed by atoms with Crippen LogP contribution in [0.25, 0.3) is 0 Å². The zero-order valence-electron chi connectivity index (χ0n) is 8.64. The van der Waals surface area contributed by atoms with E-state index in [1.165, 1.54) is 30.5 Å². The Morgan fingerprint density at radius 1 is 1.38 bits per heavy atom. The van der Waals surface area contributed by atoms with Crippen LogP contribution >= 0.6 is 0 Å². The van der Waals surface area contributed by atoms with Crippen molar-refractivity contribution in [1.82, 2.24) is 5.32 Å². The molecule has 0 aliphatic heterocycles. The zero-order valence-corrected chi connectivity index (χ0v) is 8.64. The zero-order chi connectivity index (χ0) is 12.0. The van der Waals surface area contributed by atoms with Gasteiger partial charge in [0.15, 0.2) is 0 Å². The number of urea groups is 1. The monoisotopic (exact) mass is 221 g/mol. The van der Waals surface area contributed by atoms with Crippen molar-refractivity contribution in [2.75, 3.05) is 5.32 Å². The number of amides is 2. The van der Waals surface area contributed by atoms with Crippen LogP contribution in [0.1, 0.15) is 6.92 Å². The molecule has 0 saturated heterocycles.